The highest BCUT2D eigenvalue weighted by molar-refractivity contribution is 5.96. The molecule has 29 heavy (non-hydrogen) atoms. The van der Waals surface area contributed by atoms with E-state index >= 15 is 0 Å². The number of amidine groups is 1. The molecule has 0 saturated carbocycles. The summed E-state index contributed by atoms with van der Waals surface area (Å²) in [6.45, 7) is 6.65. The fourth-order valence-corrected chi connectivity index (χ4v) is 4.43. The third-order valence-electron chi connectivity index (χ3n) is 5.82. The summed E-state index contributed by atoms with van der Waals surface area (Å²) in [7, 11) is 0. The van der Waals surface area contributed by atoms with Gasteiger partial charge in [-0.05, 0) is 81.6 Å². The van der Waals surface area contributed by atoms with E-state index in [0.29, 0.717) is 19.8 Å². The van der Waals surface area contributed by atoms with Crippen molar-refractivity contribution in [2.45, 2.75) is 45.3 Å². The molecule has 2 aromatic rings. The fraction of sp³-hybridized carbons (Fsp3) is 0.458. The van der Waals surface area contributed by atoms with Gasteiger partial charge in [-0.1, -0.05) is 0 Å². The maximum atomic E-state index is 11.9. The molecule has 5 nitrogen and oxygen atoms in total. The van der Waals surface area contributed by atoms with Crippen molar-refractivity contribution in [2.24, 2.45) is 0 Å². The van der Waals surface area contributed by atoms with Crippen molar-refractivity contribution in [3.8, 4) is 11.5 Å². The van der Waals surface area contributed by atoms with Gasteiger partial charge in [0.05, 0.1) is 19.8 Å². The molecule has 0 aliphatic carbocycles. The molecule has 4 rings (SSSR count). The van der Waals surface area contributed by atoms with E-state index < -0.39 is 5.72 Å². The first kappa shape index (κ1) is 19.8. The first-order chi connectivity index (χ1) is 14.2. The van der Waals surface area contributed by atoms with E-state index in [4.69, 9.17) is 9.47 Å². The number of hydrogen-bond donors (Lipinski definition) is 1. The van der Waals surface area contributed by atoms with Crippen LogP contribution in [0.1, 0.15) is 45.1 Å². The molecule has 0 saturated heterocycles. The van der Waals surface area contributed by atoms with Crippen molar-refractivity contribution in [3.63, 3.8) is 0 Å². The number of aliphatic hydroxyl groups is 1. The van der Waals surface area contributed by atoms with Gasteiger partial charge in [0.1, 0.15) is 17.2 Å². The lowest BCUT2D eigenvalue weighted by Gasteiger charge is -2.23. The van der Waals surface area contributed by atoms with Gasteiger partial charge in [0.15, 0.2) is 6.54 Å². The van der Waals surface area contributed by atoms with E-state index in [1.165, 1.54) is 12.3 Å². The van der Waals surface area contributed by atoms with Gasteiger partial charge in [-0.15, -0.1) is 0 Å². The van der Waals surface area contributed by atoms with Crippen LogP contribution in [0, 0.1) is 0 Å². The van der Waals surface area contributed by atoms with Crippen molar-refractivity contribution >= 4 is 11.5 Å². The summed E-state index contributed by atoms with van der Waals surface area (Å²) in [6.07, 6.45) is 4.42. The van der Waals surface area contributed by atoms with Crippen molar-refractivity contribution in [2.75, 3.05) is 31.2 Å². The van der Waals surface area contributed by atoms with Crippen LogP contribution in [0.5, 0.6) is 11.5 Å². The number of nitrogens with zero attached hydrogens (tertiary/aromatic N) is 2. The zero-order chi connectivity index (χ0) is 20.3. The molecule has 0 spiro atoms. The minimum absolute atomic E-state index is 0.518. The topological polar surface area (TPSA) is 44.9 Å². The van der Waals surface area contributed by atoms with Gasteiger partial charge in [0, 0.05) is 12.0 Å². The molecule has 0 radical (unpaired) electrons. The lowest BCUT2D eigenvalue weighted by molar-refractivity contribution is -0.658. The molecular formula is C24H31N2O3+. The van der Waals surface area contributed by atoms with Gasteiger partial charge in [0.25, 0.3) is 11.6 Å². The lowest BCUT2D eigenvalue weighted by Crippen LogP contribution is -2.41. The number of hydrogen-bond acceptors (Lipinski definition) is 4. The Balaban J connectivity index is 1.69. The standard InChI is InChI=1S/C24H31N2O3/c1-3-28-21-13-9-19(10-14-21)24(27)18-25(23-8-6-5-7-17-26(23)24)20-11-15-22(16-12-20)29-4-2/h9-16,27H,3-8,17-18H2,1-2H3/q+1/t24-/m0/s1. The quantitative estimate of drug-likeness (QED) is 0.747. The molecule has 2 heterocycles. The average Bonchev–Trinajstić information content (AvgIpc) is 2.88. The Hall–Kier alpha value is -2.53. The second kappa shape index (κ2) is 8.46. The number of β-amino-alcohol motifs (C(OH)–C–C–N with tert-alkyl or cyclic N) is 1. The third kappa shape index (κ3) is 3.84. The van der Waals surface area contributed by atoms with E-state index in [-0.39, 0.29) is 0 Å². The van der Waals surface area contributed by atoms with Crippen LogP contribution in [0.15, 0.2) is 48.5 Å². The van der Waals surface area contributed by atoms with E-state index in [1.54, 1.807) is 0 Å². The van der Waals surface area contributed by atoms with Gasteiger partial charge in [-0.25, -0.2) is 9.48 Å². The SMILES string of the molecule is CCOc1ccc(N2C[C@](O)(c3ccc(OCC)cc3)[N+]3=C2CCCCC3)cc1. The third-order valence-corrected chi connectivity index (χ3v) is 5.82. The Labute approximate surface area is 173 Å². The minimum atomic E-state index is -1.04. The number of rotatable bonds is 6. The summed E-state index contributed by atoms with van der Waals surface area (Å²) in [5.41, 5.74) is 0.967. The van der Waals surface area contributed by atoms with Crippen LogP contribution in [0.3, 0.4) is 0 Å². The van der Waals surface area contributed by atoms with Gasteiger partial charge in [-0.2, -0.15) is 0 Å². The maximum Gasteiger partial charge on any atom is 0.271 e. The van der Waals surface area contributed by atoms with E-state index in [0.717, 1.165) is 48.6 Å². The highest BCUT2D eigenvalue weighted by atomic mass is 16.5. The van der Waals surface area contributed by atoms with Crippen molar-refractivity contribution < 1.29 is 19.2 Å². The van der Waals surface area contributed by atoms with E-state index in [1.807, 2.05) is 50.2 Å². The highest BCUT2D eigenvalue weighted by Gasteiger charge is 2.51. The molecule has 2 aliphatic heterocycles. The van der Waals surface area contributed by atoms with Crippen molar-refractivity contribution in [3.05, 3.63) is 54.1 Å². The number of anilines is 1. The summed E-state index contributed by atoms with van der Waals surface area (Å²) < 4.78 is 13.4. The molecular weight excluding hydrogens is 364 g/mol. The monoisotopic (exact) mass is 395 g/mol. The number of benzene rings is 2. The van der Waals surface area contributed by atoms with Crippen LogP contribution in [0.4, 0.5) is 5.69 Å². The summed E-state index contributed by atoms with van der Waals surface area (Å²) in [4.78, 5) is 2.28. The zero-order valence-corrected chi connectivity index (χ0v) is 17.4. The molecule has 0 unspecified atom stereocenters. The molecule has 0 fully saturated rings. The Bertz CT molecular complexity index is 861. The molecule has 1 N–H and O–H groups in total. The lowest BCUT2D eigenvalue weighted by atomic mass is 10.0. The first-order valence-corrected chi connectivity index (χ1v) is 10.8. The van der Waals surface area contributed by atoms with Crippen LogP contribution >= 0.6 is 0 Å². The predicted octanol–water partition coefficient (Wildman–Crippen LogP) is 4.13. The van der Waals surface area contributed by atoms with Gasteiger partial charge >= 0.3 is 0 Å². The normalized spacial score (nSPS) is 21.7. The molecule has 1 atom stereocenters. The largest absolute Gasteiger partial charge is 0.494 e. The van der Waals surface area contributed by atoms with Gasteiger partial charge < -0.3 is 14.6 Å². The predicted molar refractivity (Wildman–Crippen MR) is 115 cm³/mol. The molecule has 0 aromatic heterocycles. The van der Waals surface area contributed by atoms with E-state index in [9.17, 15) is 5.11 Å². The van der Waals surface area contributed by atoms with Crippen LogP contribution in [-0.2, 0) is 5.72 Å². The van der Waals surface area contributed by atoms with E-state index in [2.05, 4.69) is 21.6 Å². The molecule has 0 amide bonds. The highest BCUT2D eigenvalue weighted by Crippen LogP contribution is 2.36. The molecule has 2 aromatic carbocycles. The van der Waals surface area contributed by atoms with Crippen LogP contribution in [-0.4, -0.2) is 41.8 Å². The van der Waals surface area contributed by atoms with Crippen LogP contribution in [0.25, 0.3) is 0 Å². The van der Waals surface area contributed by atoms with Crippen molar-refractivity contribution in [1.82, 2.24) is 0 Å². The second-order valence-electron chi connectivity index (χ2n) is 7.67. The zero-order valence-electron chi connectivity index (χ0n) is 17.4. The smallest absolute Gasteiger partial charge is 0.271 e. The van der Waals surface area contributed by atoms with Crippen LogP contribution in [0.2, 0.25) is 0 Å². The first-order valence-electron chi connectivity index (χ1n) is 10.8. The number of ether oxygens (including phenoxy) is 2. The fourth-order valence-electron chi connectivity index (χ4n) is 4.43. The van der Waals surface area contributed by atoms with Crippen LogP contribution < -0.4 is 14.4 Å². The maximum absolute atomic E-state index is 11.9. The Morgan fingerprint density at radius 3 is 2.14 bits per heavy atom. The Morgan fingerprint density at radius 2 is 1.52 bits per heavy atom. The second-order valence-corrected chi connectivity index (χ2v) is 7.67. The Kier molecular flexibility index (Phi) is 5.76. The molecule has 2 aliphatic rings. The summed E-state index contributed by atoms with van der Waals surface area (Å²) in [5.74, 6) is 2.92. The molecule has 5 heteroatoms. The van der Waals surface area contributed by atoms with Crippen molar-refractivity contribution in [1.29, 1.82) is 0 Å². The summed E-state index contributed by atoms with van der Waals surface area (Å²) in [5, 5.41) is 11.9. The Morgan fingerprint density at radius 1 is 0.897 bits per heavy atom. The summed E-state index contributed by atoms with van der Waals surface area (Å²) >= 11 is 0. The minimum Gasteiger partial charge on any atom is -0.494 e. The molecule has 0 bridgehead atoms. The average molecular weight is 396 g/mol. The van der Waals surface area contributed by atoms with Gasteiger partial charge in [-0.3, -0.25) is 0 Å². The summed E-state index contributed by atoms with van der Waals surface area (Å²) in [6, 6.07) is 16.1. The van der Waals surface area contributed by atoms with Gasteiger partial charge in [0.2, 0.25) is 0 Å². The molecule has 154 valence electrons.